The Bertz CT molecular complexity index is 473. The minimum Gasteiger partial charge on any atom is -0.591 e. The van der Waals surface area contributed by atoms with Crippen LogP contribution in [0, 0.1) is 0 Å². The Morgan fingerprint density at radius 3 is 1.24 bits per heavy atom. The van der Waals surface area contributed by atoms with Crippen LogP contribution in [0.1, 0.15) is 155 Å². The van der Waals surface area contributed by atoms with Crippen molar-refractivity contribution >= 4 is 8.03 Å². The summed E-state index contributed by atoms with van der Waals surface area (Å²) < 4.78 is 11.9. The normalized spacial score (nSPS) is 13.6. The van der Waals surface area contributed by atoms with Crippen LogP contribution in [0.15, 0.2) is 12.2 Å². The van der Waals surface area contributed by atoms with Crippen LogP contribution >= 0.6 is 8.03 Å². The minimum absolute atomic E-state index is 0.261. The number of rotatable bonds is 26. The van der Waals surface area contributed by atoms with Crippen LogP contribution in [0.4, 0.5) is 0 Å². The first kappa shape index (κ1) is 33.8. The van der Waals surface area contributed by atoms with Crippen molar-refractivity contribution in [2.75, 3.05) is 21.1 Å². The summed E-state index contributed by atoms with van der Waals surface area (Å²) in [6, 6.07) is 0. The molecule has 0 fully saturated rings. The van der Waals surface area contributed by atoms with Crippen molar-refractivity contribution < 1.29 is 13.9 Å². The van der Waals surface area contributed by atoms with Gasteiger partial charge in [0.1, 0.15) is 0 Å². The van der Waals surface area contributed by atoms with Crippen molar-refractivity contribution in [1.29, 1.82) is 0 Å². The number of nitrogens with zero attached hydrogens (tertiary/aromatic N) is 1. The van der Waals surface area contributed by atoms with Crippen LogP contribution in [-0.4, -0.2) is 31.4 Å². The molecule has 3 nitrogen and oxygen atoms in total. The Morgan fingerprint density at radius 1 is 0.588 bits per heavy atom. The first-order valence-electron chi connectivity index (χ1n) is 15.0. The number of quaternary nitrogens is 1. The number of hydrogen-bond acceptors (Lipinski definition) is 2. The Labute approximate surface area is 215 Å². The summed E-state index contributed by atoms with van der Waals surface area (Å²) in [7, 11) is 3.54. The maximum atomic E-state index is 11.4. The number of unbranched alkanes of at least 4 members (excludes halogenated alkanes) is 20. The topological polar surface area (TPSA) is 40.1 Å². The lowest BCUT2D eigenvalue weighted by Crippen LogP contribution is -2.44. The highest BCUT2D eigenvalue weighted by atomic mass is 31.1. The van der Waals surface area contributed by atoms with Crippen molar-refractivity contribution in [2.24, 2.45) is 0 Å². The molecule has 0 aromatic rings. The maximum Gasteiger partial charge on any atom is 0.373 e. The zero-order valence-electron chi connectivity index (χ0n) is 23.7. The van der Waals surface area contributed by atoms with Crippen molar-refractivity contribution in [3.63, 3.8) is 0 Å². The second kappa shape index (κ2) is 24.5. The summed E-state index contributed by atoms with van der Waals surface area (Å²) in [5.41, 5.74) is 0. The van der Waals surface area contributed by atoms with E-state index in [-0.39, 0.29) is 5.78 Å². The summed E-state index contributed by atoms with van der Waals surface area (Å²) in [5, 5.41) is 0. The Morgan fingerprint density at radius 2 is 0.912 bits per heavy atom. The van der Waals surface area contributed by atoms with Crippen LogP contribution in [0.2, 0.25) is 0 Å². The molecule has 0 radical (unpaired) electrons. The number of allylic oxidation sites excluding steroid dienone is 2. The molecule has 0 rings (SSSR count). The number of hydrogen-bond donors (Lipinski definition) is 0. The maximum absolute atomic E-state index is 11.4. The van der Waals surface area contributed by atoms with Gasteiger partial charge < -0.3 is 4.89 Å². The Kier molecular flexibility index (Phi) is 24.3. The second-order valence-corrected chi connectivity index (χ2v) is 12.6. The fourth-order valence-electron chi connectivity index (χ4n) is 4.77. The predicted molar refractivity (Wildman–Crippen MR) is 150 cm³/mol. The van der Waals surface area contributed by atoms with Gasteiger partial charge in [0.2, 0.25) is 0 Å². The average molecular weight is 499 g/mol. The van der Waals surface area contributed by atoms with Gasteiger partial charge in [-0.15, -0.1) is 0 Å². The van der Waals surface area contributed by atoms with E-state index in [0.717, 1.165) is 19.3 Å². The van der Waals surface area contributed by atoms with Crippen molar-refractivity contribution in [2.45, 2.75) is 160 Å². The van der Waals surface area contributed by atoms with Crippen LogP contribution in [0.3, 0.4) is 0 Å². The quantitative estimate of drug-likeness (QED) is 0.0515. The van der Waals surface area contributed by atoms with E-state index in [2.05, 4.69) is 19.1 Å². The van der Waals surface area contributed by atoms with E-state index in [0.29, 0.717) is 4.48 Å². The largest absolute Gasteiger partial charge is 0.591 e. The zero-order chi connectivity index (χ0) is 25.3. The van der Waals surface area contributed by atoms with Gasteiger partial charge in [-0.2, -0.15) is 0 Å². The monoisotopic (exact) mass is 498 g/mol. The SMILES string of the molecule is CCCCCCCCCCCCCCCCCCCCCC=CCCCC([P+](=O)[O-])[N+](C)(C)C. The van der Waals surface area contributed by atoms with Crippen LogP contribution < -0.4 is 4.89 Å². The Balaban J connectivity index is 3.27. The van der Waals surface area contributed by atoms with Crippen molar-refractivity contribution in [1.82, 2.24) is 0 Å². The van der Waals surface area contributed by atoms with Gasteiger partial charge in [-0.3, -0.25) is 4.48 Å². The molecule has 0 amide bonds. The molecule has 2 unspecified atom stereocenters. The van der Waals surface area contributed by atoms with E-state index < -0.39 is 8.03 Å². The molecular weight excluding hydrogens is 437 g/mol. The molecule has 202 valence electrons. The third-order valence-electron chi connectivity index (χ3n) is 7.11. The first-order valence-corrected chi connectivity index (χ1v) is 16.2. The van der Waals surface area contributed by atoms with E-state index in [4.69, 9.17) is 0 Å². The molecule has 0 aromatic carbocycles. The first-order chi connectivity index (χ1) is 16.4. The van der Waals surface area contributed by atoms with Crippen LogP contribution in [-0.2, 0) is 4.57 Å². The van der Waals surface area contributed by atoms with Gasteiger partial charge >= 0.3 is 8.03 Å². The van der Waals surface area contributed by atoms with Crippen LogP contribution in [0.5, 0.6) is 0 Å². The fraction of sp³-hybridized carbons (Fsp3) is 0.933. The molecule has 0 saturated heterocycles. The molecule has 0 aliphatic rings. The van der Waals surface area contributed by atoms with E-state index in [1.54, 1.807) is 0 Å². The summed E-state index contributed by atoms with van der Waals surface area (Å²) >= 11 is 0. The lowest BCUT2D eigenvalue weighted by molar-refractivity contribution is -0.883. The molecular formula is C30H61NO2P+. The summed E-state index contributed by atoms with van der Waals surface area (Å²) in [4.78, 5) is 11.4. The molecule has 34 heavy (non-hydrogen) atoms. The highest BCUT2D eigenvalue weighted by Gasteiger charge is 2.34. The molecule has 2 atom stereocenters. The molecule has 0 saturated carbocycles. The van der Waals surface area contributed by atoms with Gasteiger partial charge in [0.05, 0.1) is 21.1 Å². The summed E-state index contributed by atoms with van der Waals surface area (Å²) in [5.74, 6) is -0.261. The Hall–Kier alpha value is -0.240. The fourth-order valence-corrected chi connectivity index (χ4v) is 5.73. The molecule has 4 heteroatoms. The van der Waals surface area contributed by atoms with Gasteiger partial charge in [-0.25, -0.2) is 0 Å². The third-order valence-corrected chi connectivity index (χ3v) is 8.55. The highest BCUT2D eigenvalue weighted by Crippen LogP contribution is 2.28. The zero-order valence-corrected chi connectivity index (χ0v) is 24.6. The van der Waals surface area contributed by atoms with Gasteiger partial charge in [-0.05, 0) is 25.7 Å². The average Bonchev–Trinajstić information content (AvgIpc) is 2.78. The van der Waals surface area contributed by atoms with Gasteiger partial charge in [0.15, 0.2) is 0 Å². The van der Waals surface area contributed by atoms with Crippen LogP contribution in [0.25, 0.3) is 0 Å². The predicted octanol–water partition coefficient (Wildman–Crippen LogP) is 9.67. The molecule has 0 aromatic heterocycles. The minimum atomic E-state index is -2.35. The highest BCUT2D eigenvalue weighted by molar-refractivity contribution is 7.37. The van der Waals surface area contributed by atoms with Crippen molar-refractivity contribution in [3.05, 3.63) is 12.2 Å². The van der Waals surface area contributed by atoms with E-state index >= 15 is 0 Å². The standard InChI is InChI=1S/C30H61NO2P/c1-5-6-7-8-9-10-11-12-13-14-15-16-17-18-19-20-21-22-23-24-25-26-27-28-29-30(34(32)33)31(2,3)4/h25-26,30H,5-24,27-29H2,1-4H3/q+1. The van der Waals surface area contributed by atoms with Crippen molar-refractivity contribution in [3.8, 4) is 0 Å². The molecule has 0 bridgehead atoms. The lowest BCUT2D eigenvalue weighted by Gasteiger charge is -2.27. The van der Waals surface area contributed by atoms with E-state index in [1.165, 1.54) is 128 Å². The smallest absolute Gasteiger partial charge is 0.373 e. The van der Waals surface area contributed by atoms with E-state index in [1.807, 2.05) is 21.1 Å². The summed E-state index contributed by atoms with van der Waals surface area (Å²) in [6.45, 7) is 2.29. The molecule has 0 heterocycles. The molecule has 0 aliphatic heterocycles. The molecule has 0 N–H and O–H groups in total. The molecule has 0 spiro atoms. The lowest BCUT2D eigenvalue weighted by atomic mass is 10.0. The second-order valence-electron chi connectivity index (χ2n) is 11.4. The van der Waals surface area contributed by atoms with E-state index in [9.17, 15) is 9.46 Å². The summed E-state index contributed by atoms with van der Waals surface area (Å²) in [6.07, 6.45) is 35.5. The molecule has 0 aliphatic carbocycles. The third kappa shape index (κ3) is 23.5. The van der Waals surface area contributed by atoms with Gasteiger partial charge in [0, 0.05) is 6.42 Å². The van der Waals surface area contributed by atoms with Gasteiger partial charge in [-0.1, -0.05) is 139 Å². The van der Waals surface area contributed by atoms with Gasteiger partial charge in [0.25, 0.3) is 5.78 Å².